The number of fused-ring (bicyclic) bond motifs is 1. The molecule has 4 heterocycles. The number of alkyl halides is 3. The second kappa shape index (κ2) is 9.10. The number of nitrogens with zero attached hydrogens (tertiary/aromatic N) is 4. The molecular weight excluding hydrogens is 475 g/mol. The third-order valence-electron chi connectivity index (χ3n) is 7.17. The Labute approximate surface area is 206 Å². The van der Waals surface area contributed by atoms with Crippen LogP contribution in [0.4, 0.5) is 19.0 Å². The van der Waals surface area contributed by atoms with Gasteiger partial charge in [-0.3, -0.25) is 4.98 Å². The maximum atomic E-state index is 12.9. The smallest absolute Gasteiger partial charge is 0.416 e. The standard InChI is InChI=1S/C25H30F3N5O3/c1-15-13-24(3,36-18-8-6-17(7-9-18)25(26,27)28)10-11-32(15)21-20-22(31-23(34)30-21)33(16(2)29-20)14-19-5-4-12-35-19/h6-9,15,19H,4-5,10-14H2,1-3H3,(H,30,31,34)/t15-,19-,24-/m0/s1. The summed E-state index contributed by atoms with van der Waals surface area (Å²) >= 11 is 0. The number of aryl methyl sites for hydroxylation is 1. The fourth-order valence-corrected chi connectivity index (χ4v) is 5.36. The van der Waals surface area contributed by atoms with Crippen LogP contribution in [0.5, 0.6) is 5.75 Å². The Hall–Kier alpha value is -3.08. The summed E-state index contributed by atoms with van der Waals surface area (Å²) in [6.07, 6.45) is -1.09. The highest BCUT2D eigenvalue weighted by molar-refractivity contribution is 5.84. The van der Waals surface area contributed by atoms with Gasteiger partial charge in [0, 0.05) is 32.0 Å². The molecule has 1 N–H and O–H groups in total. The van der Waals surface area contributed by atoms with E-state index in [0.29, 0.717) is 48.7 Å². The maximum absolute atomic E-state index is 12.9. The largest absolute Gasteiger partial charge is 0.487 e. The Bertz CT molecular complexity index is 1300. The molecule has 2 aromatic heterocycles. The van der Waals surface area contributed by atoms with Crippen molar-refractivity contribution in [3.8, 4) is 5.75 Å². The Kier molecular flexibility index (Phi) is 6.22. The number of imidazole rings is 1. The van der Waals surface area contributed by atoms with Gasteiger partial charge in [-0.15, -0.1) is 0 Å². The monoisotopic (exact) mass is 505 g/mol. The van der Waals surface area contributed by atoms with Crippen molar-refractivity contribution in [1.29, 1.82) is 0 Å². The lowest BCUT2D eigenvalue weighted by atomic mass is 9.88. The summed E-state index contributed by atoms with van der Waals surface area (Å²) < 4.78 is 52.6. The van der Waals surface area contributed by atoms with Gasteiger partial charge in [-0.2, -0.15) is 18.2 Å². The number of ether oxygens (including phenoxy) is 2. The molecule has 2 saturated heterocycles. The molecule has 0 unspecified atom stereocenters. The molecule has 2 aliphatic heterocycles. The Morgan fingerprint density at radius 3 is 2.64 bits per heavy atom. The summed E-state index contributed by atoms with van der Waals surface area (Å²) in [5.74, 6) is 1.71. The molecule has 2 fully saturated rings. The lowest BCUT2D eigenvalue weighted by Gasteiger charge is -2.44. The van der Waals surface area contributed by atoms with E-state index in [1.165, 1.54) is 12.1 Å². The summed E-state index contributed by atoms with van der Waals surface area (Å²) in [6.45, 7) is 7.82. The van der Waals surface area contributed by atoms with E-state index in [9.17, 15) is 18.0 Å². The molecule has 0 spiro atoms. The van der Waals surface area contributed by atoms with Crippen LogP contribution >= 0.6 is 0 Å². The van der Waals surface area contributed by atoms with Gasteiger partial charge in [0.25, 0.3) is 0 Å². The first-order chi connectivity index (χ1) is 17.0. The molecule has 8 nitrogen and oxygen atoms in total. The van der Waals surface area contributed by atoms with Gasteiger partial charge in [-0.25, -0.2) is 9.78 Å². The molecule has 0 saturated carbocycles. The number of anilines is 1. The van der Waals surface area contributed by atoms with E-state index in [0.717, 1.165) is 37.4 Å². The van der Waals surface area contributed by atoms with Gasteiger partial charge in [0.1, 0.15) is 28.3 Å². The minimum absolute atomic E-state index is 0.0423. The molecule has 5 rings (SSSR count). The molecule has 2 aliphatic rings. The number of halogens is 3. The second-order valence-corrected chi connectivity index (χ2v) is 10.0. The van der Waals surface area contributed by atoms with Crippen LogP contribution < -0.4 is 15.3 Å². The SMILES string of the molecule is Cc1nc2c(N3CC[C@](C)(Oc4ccc(C(F)(F)F)cc4)C[C@@H]3C)nc(=O)[nH]c2n1C[C@@H]1CCCO1. The van der Waals surface area contributed by atoms with E-state index < -0.39 is 23.0 Å². The average Bonchev–Trinajstić information content (AvgIpc) is 3.42. The van der Waals surface area contributed by atoms with Gasteiger partial charge in [0.05, 0.1) is 18.2 Å². The third-order valence-corrected chi connectivity index (χ3v) is 7.17. The van der Waals surface area contributed by atoms with Crippen LogP contribution in [0, 0.1) is 6.92 Å². The van der Waals surface area contributed by atoms with E-state index in [1.54, 1.807) is 0 Å². The van der Waals surface area contributed by atoms with Crippen LogP contribution in [0.1, 0.15) is 50.9 Å². The molecular formula is C25H30F3N5O3. The van der Waals surface area contributed by atoms with E-state index in [1.807, 2.05) is 25.3 Å². The van der Waals surface area contributed by atoms with Crippen molar-refractivity contribution in [2.24, 2.45) is 0 Å². The van der Waals surface area contributed by atoms with E-state index in [-0.39, 0.29) is 12.1 Å². The zero-order valence-electron chi connectivity index (χ0n) is 20.6. The van der Waals surface area contributed by atoms with Crippen LogP contribution in [0.2, 0.25) is 0 Å². The number of hydrogen-bond acceptors (Lipinski definition) is 6. The van der Waals surface area contributed by atoms with Crippen LogP contribution in [0.3, 0.4) is 0 Å². The van der Waals surface area contributed by atoms with E-state index in [4.69, 9.17) is 14.5 Å². The molecule has 3 atom stereocenters. The van der Waals surface area contributed by atoms with E-state index in [2.05, 4.69) is 14.9 Å². The summed E-state index contributed by atoms with van der Waals surface area (Å²) in [4.78, 5) is 26.5. The quantitative estimate of drug-likeness (QED) is 0.552. The van der Waals surface area contributed by atoms with Gasteiger partial charge < -0.3 is 18.9 Å². The molecule has 0 aliphatic carbocycles. The zero-order chi connectivity index (χ0) is 25.7. The highest BCUT2D eigenvalue weighted by Crippen LogP contribution is 2.36. The van der Waals surface area contributed by atoms with Crippen molar-refractivity contribution < 1.29 is 22.6 Å². The topological polar surface area (TPSA) is 85.3 Å². The first-order valence-corrected chi connectivity index (χ1v) is 12.2. The second-order valence-electron chi connectivity index (χ2n) is 10.0. The summed E-state index contributed by atoms with van der Waals surface area (Å²) in [5, 5.41) is 0. The Morgan fingerprint density at radius 2 is 2.00 bits per heavy atom. The van der Waals surface area contributed by atoms with Crippen LogP contribution in [-0.4, -0.2) is 50.4 Å². The number of aromatic amines is 1. The Balaban J connectivity index is 1.37. The van der Waals surface area contributed by atoms with Gasteiger partial charge in [-0.1, -0.05) is 0 Å². The summed E-state index contributed by atoms with van der Waals surface area (Å²) in [5.41, 5.74) is -0.441. The van der Waals surface area contributed by atoms with Gasteiger partial charge in [0.2, 0.25) is 0 Å². The van der Waals surface area contributed by atoms with Crippen molar-refractivity contribution in [2.75, 3.05) is 18.1 Å². The lowest BCUT2D eigenvalue weighted by molar-refractivity contribution is -0.137. The highest BCUT2D eigenvalue weighted by atomic mass is 19.4. The maximum Gasteiger partial charge on any atom is 0.416 e. The minimum atomic E-state index is -4.39. The summed E-state index contributed by atoms with van der Waals surface area (Å²) in [7, 11) is 0. The fourth-order valence-electron chi connectivity index (χ4n) is 5.36. The highest BCUT2D eigenvalue weighted by Gasteiger charge is 2.38. The predicted octanol–water partition coefficient (Wildman–Crippen LogP) is 4.45. The molecule has 36 heavy (non-hydrogen) atoms. The van der Waals surface area contributed by atoms with Crippen molar-refractivity contribution in [1.82, 2.24) is 19.5 Å². The van der Waals surface area contributed by atoms with Crippen molar-refractivity contribution in [3.63, 3.8) is 0 Å². The molecule has 1 aromatic carbocycles. The Morgan fingerprint density at radius 1 is 1.25 bits per heavy atom. The molecule has 194 valence electrons. The number of aromatic nitrogens is 4. The lowest BCUT2D eigenvalue weighted by Crippen LogP contribution is -2.51. The normalized spacial score (nSPS) is 25.0. The number of piperidine rings is 1. The predicted molar refractivity (Wildman–Crippen MR) is 128 cm³/mol. The van der Waals surface area contributed by atoms with Crippen LogP contribution in [0.25, 0.3) is 11.2 Å². The van der Waals surface area contributed by atoms with Gasteiger partial charge in [-0.05, 0) is 57.9 Å². The van der Waals surface area contributed by atoms with Crippen LogP contribution in [0.15, 0.2) is 29.1 Å². The molecule has 0 radical (unpaired) electrons. The van der Waals surface area contributed by atoms with Crippen molar-refractivity contribution >= 4 is 17.0 Å². The summed E-state index contributed by atoms with van der Waals surface area (Å²) in [6, 6.07) is 4.74. The third kappa shape index (κ3) is 4.80. The number of hydrogen-bond donors (Lipinski definition) is 1. The van der Waals surface area contributed by atoms with Crippen molar-refractivity contribution in [2.45, 2.75) is 76.9 Å². The average molecular weight is 506 g/mol. The van der Waals surface area contributed by atoms with E-state index >= 15 is 0 Å². The molecule has 0 bridgehead atoms. The minimum Gasteiger partial charge on any atom is -0.487 e. The van der Waals surface area contributed by atoms with Crippen molar-refractivity contribution in [3.05, 3.63) is 46.1 Å². The number of benzene rings is 1. The first-order valence-electron chi connectivity index (χ1n) is 12.2. The zero-order valence-corrected chi connectivity index (χ0v) is 20.6. The van der Waals surface area contributed by atoms with Gasteiger partial charge >= 0.3 is 11.9 Å². The first kappa shape index (κ1) is 24.6. The van der Waals surface area contributed by atoms with Gasteiger partial charge in [0.15, 0.2) is 5.82 Å². The number of nitrogens with one attached hydrogen (secondary N) is 1. The number of rotatable bonds is 5. The van der Waals surface area contributed by atoms with Crippen LogP contribution in [-0.2, 0) is 17.5 Å². The fraction of sp³-hybridized carbons (Fsp3) is 0.560. The number of H-pyrrole nitrogens is 1. The molecule has 11 heteroatoms. The molecule has 0 amide bonds. The molecule has 3 aromatic rings.